The number of thiophene rings is 1. The number of aryl methyl sites for hydroxylation is 1. The van der Waals surface area contributed by atoms with Gasteiger partial charge in [0.15, 0.2) is 0 Å². The third-order valence-electron chi connectivity index (χ3n) is 4.07. The highest BCUT2D eigenvalue weighted by Gasteiger charge is 2.23. The number of rotatable bonds is 4. The minimum Gasteiger partial charge on any atom is -0.329 e. The monoisotopic (exact) mass is 266 g/mol. The van der Waals surface area contributed by atoms with Crippen molar-refractivity contribution in [1.82, 2.24) is 4.90 Å². The van der Waals surface area contributed by atoms with Crippen LogP contribution >= 0.6 is 11.3 Å². The molecule has 0 amide bonds. The van der Waals surface area contributed by atoms with Crippen molar-refractivity contribution < 1.29 is 0 Å². The number of hydrogen-bond donors (Lipinski definition) is 1. The van der Waals surface area contributed by atoms with Gasteiger partial charge >= 0.3 is 0 Å². The Labute approximate surface area is 115 Å². The quantitative estimate of drug-likeness (QED) is 0.904. The molecular formula is C15H26N2S. The first-order valence-corrected chi connectivity index (χ1v) is 8.09. The minimum atomic E-state index is 0.445. The van der Waals surface area contributed by atoms with E-state index in [0.717, 1.165) is 18.9 Å². The topological polar surface area (TPSA) is 29.3 Å². The fraction of sp³-hybridized carbons (Fsp3) is 0.733. The summed E-state index contributed by atoms with van der Waals surface area (Å²) in [6, 6.07) is 5.00. The lowest BCUT2D eigenvalue weighted by atomic mass is 10.0. The Kier molecular flexibility index (Phi) is 5.22. The summed E-state index contributed by atoms with van der Waals surface area (Å²) in [5.41, 5.74) is 6.04. The molecule has 1 aliphatic rings. The summed E-state index contributed by atoms with van der Waals surface area (Å²) in [4.78, 5) is 5.55. The van der Waals surface area contributed by atoms with Crippen LogP contribution in [0.4, 0.5) is 0 Å². The molecule has 2 heterocycles. The van der Waals surface area contributed by atoms with E-state index in [-0.39, 0.29) is 0 Å². The SMILES string of the molecule is CCc1ccc(C(CN)N2CCCC(C)CC2)s1. The van der Waals surface area contributed by atoms with Crippen molar-refractivity contribution in [1.29, 1.82) is 0 Å². The first kappa shape index (κ1) is 14.0. The van der Waals surface area contributed by atoms with Crippen molar-refractivity contribution >= 4 is 11.3 Å². The van der Waals surface area contributed by atoms with Crippen molar-refractivity contribution in [3.8, 4) is 0 Å². The van der Waals surface area contributed by atoms with Gasteiger partial charge in [0.25, 0.3) is 0 Å². The van der Waals surface area contributed by atoms with Gasteiger partial charge in [-0.25, -0.2) is 0 Å². The zero-order valence-corrected chi connectivity index (χ0v) is 12.5. The molecule has 102 valence electrons. The highest BCUT2D eigenvalue weighted by atomic mass is 32.1. The van der Waals surface area contributed by atoms with Gasteiger partial charge in [0.2, 0.25) is 0 Å². The molecule has 0 aromatic carbocycles. The van der Waals surface area contributed by atoms with E-state index in [4.69, 9.17) is 5.73 Å². The van der Waals surface area contributed by atoms with Crippen molar-refractivity contribution in [3.63, 3.8) is 0 Å². The van der Waals surface area contributed by atoms with Gasteiger partial charge < -0.3 is 5.73 Å². The van der Waals surface area contributed by atoms with Crippen LogP contribution in [0.5, 0.6) is 0 Å². The Balaban J connectivity index is 2.07. The summed E-state index contributed by atoms with van der Waals surface area (Å²) in [5.74, 6) is 0.878. The highest BCUT2D eigenvalue weighted by Crippen LogP contribution is 2.30. The molecule has 1 saturated heterocycles. The third-order valence-corrected chi connectivity index (χ3v) is 5.41. The van der Waals surface area contributed by atoms with Crippen LogP contribution in [0.2, 0.25) is 0 Å². The van der Waals surface area contributed by atoms with Crippen molar-refractivity contribution in [2.75, 3.05) is 19.6 Å². The average Bonchev–Trinajstić information content (AvgIpc) is 2.75. The van der Waals surface area contributed by atoms with Crippen LogP contribution in [-0.2, 0) is 6.42 Å². The minimum absolute atomic E-state index is 0.445. The van der Waals surface area contributed by atoms with Crippen LogP contribution in [0, 0.1) is 5.92 Å². The smallest absolute Gasteiger partial charge is 0.0564 e. The molecule has 2 atom stereocenters. The summed E-state index contributed by atoms with van der Waals surface area (Å²) in [6.07, 6.45) is 5.16. The van der Waals surface area contributed by atoms with E-state index in [0.29, 0.717) is 6.04 Å². The van der Waals surface area contributed by atoms with Crippen molar-refractivity contribution in [3.05, 3.63) is 21.9 Å². The zero-order valence-electron chi connectivity index (χ0n) is 11.7. The molecule has 2 unspecified atom stereocenters. The number of nitrogens with zero attached hydrogens (tertiary/aromatic N) is 1. The first-order valence-electron chi connectivity index (χ1n) is 7.27. The predicted octanol–water partition coefficient (Wildman–Crippen LogP) is 3.43. The van der Waals surface area contributed by atoms with Gasteiger partial charge in [0.1, 0.15) is 0 Å². The van der Waals surface area contributed by atoms with E-state index in [1.54, 1.807) is 0 Å². The molecule has 2 N–H and O–H groups in total. The Bertz CT molecular complexity index is 361. The van der Waals surface area contributed by atoms with Gasteiger partial charge in [0.05, 0.1) is 6.04 Å². The van der Waals surface area contributed by atoms with E-state index < -0.39 is 0 Å². The summed E-state index contributed by atoms with van der Waals surface area (Å²) < 4.78 is 0. The van der Waals surface area contributed by atoms with Crippen LogP contribution in [0.1, 0.15) is 48.9 Å². The van der Waals surface area contributed by atoms with Gasteiger partial charge in [-0.15, -0.1) is 11.3 Å². The first-order chi connectivity index (χ1) is 8.74. The fourth-order valence-electron chi connectivity index (χ4n) is 2.81. The van der Waals surface area contributed by atoms with E-state index >= 15 is 0 Å². The maximum Gasteiger partial charge on any atom is 0.0564 e. The van der Waals surface area contributed by atoms with Crippen LogP contribution in [0.3, 0.4) is 0 Å². The Morgan fingerprint density at radius 3 is 2.89 bits per heavy atom. The molecule has 0 bridgehead atoms. The summed E-state index contributed by atoms with van der Waals surface area (Å²) in [6.45, 7) is 7.77. The second-order valence-corrected chi connectivity index (χ2v) is 6.68. The summed E-state index contributed by atoms with van der Waals surface area (Å²) >= 11 is 1.95. The summed E-state index contributed by atoms with van der Waals surface area (Å²) in [5, 5.41) is 0. The molecule has 1 aromatic heterocycles. The number of hydrogen-bond acceptors (Lipinski definition) is 3. The third kappa shape index (κ3) is 3.34. The fourth-order valence-corrected chi connectivity index (χ4v) is 3.91. The van der Waals surface area contributed by atoms with Gasteiger partial charge in [-0.1, -0.05) is 13.8 Å². The Morgan fingerprint density at radius 2 is 2.22 bits per heavy atom. The standard InChI is InChI=1S/C15H26N2S/c1-3-13-6-7-15(18-13)14(11-16)17-9-4-5-12(2)8-10-17/h6-7,12,14H,3-5,8-11,16H2,1-2H3. The lowest BCUT2D eigenvalue weighted by Gasteiger charge is -2.29. The van der Waals surface area contributed by atoms with Gasteiger partial charge in [-0.3, -0.25) is 4.90 Å². The van der Waals surface area contributed by atoms with Crippen LogP contribution in [0.15, 0.2) is 12.1 Å². The molecule has 18 heavy (non-hydrogen) atoms. The van der Waals surface area contributed by atoms with Gasteiger partial charge in [-0.2, -0.15) is 0 Å². The van der Waals surface area contributed by atoms with E-state index in [2.05, 4.69) is 30.9 Å². The average molecular weight is 266 g/mol. The molecular weight excluding hydrogens is 240 g/mol. The Morgan fingerprint density at radius 1 is 1.39 bits per heavy atom. The van der Waals surface area contributed by atoms with E-state index in [1.165, 1.54) is 42.1 Å². The molecule has 2 nitrogen and oxygen atoms in total. The highest BCUT2D eigenvalue weighted by molar-refractivity contribution is 7.12. The van der Waals surface area contributed by atoms with E-state index in [9.17, 15) is 0 Å². The van der Waals surface area contributed by atoms with Crippen LogP contribution in [0.25, 0.3) is 0 Å². The van der Waals surface area contributed by atoms with Crippen LogP contribution in [-0.4, -0.2) is 24.5 Å². The Hall–Kier alpha value is -0.380. The molecule has 0 radical (unpaired) electrons. The largest absolute Gasteiger partial charge is 0.329 e. The second-order valence-electron chi connectivity index (χ2n) is 5.48. The molecule has 1 fully saturated rings. The molecule has 0 spiro atoms. The lowest BCUT2D eigenvalue weighted by Crippen LogP contribution is -2.34. The molecule has 2 rings (SSSR count). The van der Waals surface area contributed by atoms with Gasteiger partial charge in [0, 0.05) is 16.3 Å². The number of likely N-dealkylation sites (tertiary alicyclic amines) is 1. The molecule has 1 aliphatic heterocycles. The molecule has 0 aliphatic carbocycles. The van der Waals surface area contributed by atoms with Crippen molar-refractivity contribution in [2.45, 2.75) is 45.6 Å². The van der Waals surface area contributed by atoms with E-state index in [1.807, 2.05) is 11.3 Å². The molecule has 3 heteroatoms. The zero-order chi connectivity index (χ0) is 13.0. The molecule has 1 aromatic rings. The summed E-state index contributed by atoms with van der Waals surface area (Å²) in [7, 11) is 0. The normalized spacial score (nSPS) is 23.8. The maximum absolute atomic E-state index is 6.04. The van der Waals surface area contributed by atoms with Crippen LogP contribution < -0.4 is 5.73 Å². The van der Waals surface area contributed by atoms with Gasteiger partial charge in [-0.05, 0) is 56.8 Å². The molecule has 0 saturated carbocycles. The number of nitrogens with two attached hydrogens (primary N) is 1. The van der Waals surface area contributed by atoms with Crippen molar-refractivity contribution in [2.24, 2.45) is 11.7 Å². The predicted molar refractivity (Wildman–Crippen MR) is 80.1 cm³/mol. The maximum atomic E-state index is 6.04. The second kappa shape index (κ2) is 6.69. The lowest BCUT2D eigenvalue weighted by molar-refractivity contribution is 0.210.